The normalized spacial score (nSPS) is 10.8. The van der Waals surface area contributed by atoms with Crippen LogP contribution in [0.2, 0.25) is 0 Å². The molecule has 0 aliphatic carbocycles. The molecule has 0 saturated carbocycles. The summed E-state index contributed by atoms with van der Waals surface area (Å²) in [7, 11) is 0. The van der Waals surface area contributed by atoms with E-state index in [1.165, 1.54) is 5.56 Å². The molecule has 0 atom stereocenters. The molecule has 23 heavy (non-hydrogen) atoms. The minimum Gasteiger partial charge on any atom is -0.494 e. The van der Waals surface area contributed by atoms with Crippen molar-refractivity contribution in [3.8, 4) is 5.75 Å². The molecule has 4 heteroatoms. The number of ether oxygens (including phenoxy) is 1. The van der Waals surface area contributed by atoms with E-state index in [0.29, 0.717) is 12.6 Å². The average Bonchev–Trinajstić information content (AvgIpc) is 2.56. The first-order valence-electron chi connectivity index (χ1n) is 7.93. The fourth-order valence-corrected chi connectivity index (χ4v) is 2.62. The van der Waals surface area contributed by atoms with E-state index >= 15 is 0 Å². The Morgan fingerprint density at radius 3 is 2.65 bits per heavy atom. The molecule has 0 aliphatic rings. The number of aromatic nitrogens is 2. The maximum absolute atomic E-state index is 5.82. The topological polar surface area (TPSA) is 61.0 Å². The molecule has 0 unspecified atom stereocenters. The van der Waals surface area contributed by atoms with Crippen LogP contribution >= 0.6 is 0 Å². The van der Waals surface area contributed by atoms with Gasteiger partial charge in [-0.3, -0.25) is 0 Å². The Morgan fingerprint density at radius 1 is 1.00 bits per heavy atom. The van der Waals surface area contributed by atoms with Crippen molar-refractivity contribution in [3.05, 3.63) is 59.8 Å². The van der Waals surface area contributed by atoms with Gasteiger partial charge in [0.05, 0.1) is 17.8 Å². The molecule has 3 rings (SSSR count). The summed E-state index contributed by atoms with van der Waals surface area (Å²) in [5, 5.41) is 1.10. The van der Waals surface area contributed by atoms with Gasteiger partial charge in [-0.05, 0) is 50.5 Å². The fourth-order valence-electron chi connectivity index (χ4n) is 2.62. The molecule has 1 aromatic heterocycles. The summed E-state index contributed by atoms with van der Waals surface area (Å²) in [6.07, 6.45) is 2.86. The zero-order chi connectivity index (χ0) is 16.1. The van der Waals surface area contributed by atoms with E-state index in [4.69, 9.17) is 10.5 Å². The Labute approximate surface area is 136 Å². The van der Waals surface area contributed by atoms with Gasteiger partial charge in [-0.15, -0.1) is 0 Å². The van der Waals surface area contributed by atoms with E-state index < -0.39 is 0 Å². The standard InChI is InChI=1S/C19H21N3O/c1-14-10-11-18-16(13-14)17(21-19(20)22-18)9-5-6-12-23-15-7-3-2-4-8-15/h2-4,7-8,10-11,13H,5-6,9,12H2,1H3,(H2,20,21,22). The van der Waals surface area contributed by atoms with Gasteiger partial charge in [-0.1, -0.05) is 29.8 Å². The molecule has 0 aliphatic heterocycles. The second-order valence-corrected chi connectivity index (χ2v) is 5.67. The van der Waals surface area contributed by atoms with Crippen molar-refractivity contribution in [3.63, 3.8) is 0 Å². The Hall–Kier alpha value is -2.62. The van der Waals surface area contributed by atoms with Crippen molar-refractivity contribution in [2.45, 2.75) is 26.2 Å². The number of nitrogens with two attached hydrogens (primary N) is 1. The van der Waals surface area contributed by atoms with Crippen LogP contribution in [0.3, 0.4) is 0 Å². The van der Waals surface area contributed by atoms with Crippen LogP contribution in [0.5, 0.6) is 5.75 Å². The summed E-state index contributed by atoms with van der Waals surface area (Å²) in [5.74, 6) is 1.26. The number of nitrogen functional groups attached to an aromatic ring is 1. The molecular weight excluding hydrogens is 286 g/mol. The number of hydrogen-bond donors (Lipinski definition) is 1. The van der Waals surface area contributed by atoms with Gasteiger partial charge in [0.2, 0.25) is 5.95 Å². The molecule has 2 aromatic carbocycles. The number of benzene rings is 2. The van der Waals surface area contributed by atoms with Crippen LogP contribution in [0.15, 0.2) is 48.5 Å². The van der Waals surface area contributed by atoms with Gasteiger partial charge in [0.1, 0.15) is 5.75 Å². The lowest BCUT2D eigenvalue weighted by molar-refractivity contribution is 0.307. The van der Waals surface area contributed by atoms with Crippen LogP contribution in [0, 0.1) is 6.92 Å². The highest BCUT2D eigenvalue weighted by Gasteiger charge is 2.06. The van der Waals surface area contributed by atoms with Crippen molar-refractivity contribution in [1.29, 1.82) is 0 Å². The highest BCUT2D eigenvalue weighted by Crippen LogP contribution is 2.20. The molecular formula is C19H21N3O. The maximum Gasteiger partial charge on any atom is 0.220 e. The quantitative estimate of drug-likeness (QED) is 0.701. The number of para-hydroxylation sites is 1. The second-order valence-electron chi connectivity index (χ2n) is 5.67. The average molecular weight is 307 g/mol. The van der Waals surface area contributed by atoms with Crippen LogP contribution < -0.4 is 10.5 Å². The van der Waals surface area contributed by atoms with E-state index in [-0.39, 0.29) is 0 Å². The van der Waals surface area contributed by atoms with Crippen LogP contribution in [-0.2, 0) is 6.42 Å². The first kappa shape index (κ1) is 15.3. The zero-order valence-electron chi connectivity index (χ0n) is 13.3. The molecule has 4 nitrogen and oxygen atoms in total. The summed E-state index contributed by atoms with van der Waals surface area (Å²) in [6, 6.07) is 16.1. The van der Waals surface area contributed by atoms with E-state index in [2.05, 4.69) is 23.0 Å². The molecule has 0 fully saturated rings. The van der Waals surface area contributed by atoms with Gasteiger partial charge >= 0.3 is 0 Å². The summed E-state index contributed by atoms with van der Waals surface area (Å²) in [5.41, 5.74) is 8.97. The number of fused-ring (bicyclic) bond motifs is 1. The van der Waals surface area contributed by atoms with E-state index in [1.807, 2.05) is 42.5 Å². The number of unbranched alkanes of at least 4 members (excludes halogenated alkanes) is 1. The molecule has 0 amide bonds. The third-order valence-corrected chi connectivity index (χ3v) is 3.77. The molecule has 0 radical (unpaired) electrons. The van der Waals surface area contributed by atoms with Gasteiger partial charge < -0.3 is 10.5 Å². The van der Waals surface area contributed by atoms with Crippen LogP contribution in [0.25, 0.3) is 10.9 Å². The monoisotopic (exact) mass is 307 g/mol. The number of aryl methyl sites for hydroxylation is 2. The summed E-state index contributed by atoms with van der Waals surface area (Å²) in [4.78, 5) is 8.73. The minimum absolute atomic E-state index is 0.344. The van der Waals surface area contributed by atoms with E-state index in [1.54, 1.807) is 0 Å². The van der Waals surface area contributed by atoms with Crippen molar-refractivity contribution in [2.75, 3.05) is 12.3 Å². The molecule has 0 bridgehead atoms. The van der Waals surface area contributed by atoms with Crippen LogP contribution in [0.1, 0.15) is 24.1 Å². The lowest BCUT2D eigenvalue weighted by Gasteiger charge is -2.08. The zero-order valence-corrected chi connectivity index (χ0v) is 13.3. The number of nitrogens with zero attached hydrogens (tertiary/aromatic N) is 2. The summed E-state index contributed by atoms with van der Waals surface area (Å²) >= 11 is 0. The second kappa shape index (κ2) is 7.09. The predicted octanol–water partition coefficient (Wildman–Crippen LogP) is 3.92. The van der Waals surface area contributed by atoms with Crippen LogP contribution in [0.4, 0.5) is 5.95 Å². The van der Waals surface area contributed by atoms with Gasteiger partial charge in [0.15, 0.2) is 0 Å². The number of hydrogen-bond acceptors (Lipinski definition) is 4. The summed E-state index contributed by atoms with van der Waals surface area (Å²) in [6.45, 7) is 2.79. The first-order chi connectivity index (χ1) is 11.2. The summed E-state index contributed by atoms with van der Waals surface area (Å²) < 4.78 is 5.72. The Bertz CT molecular complexity index is 787. The van der Waals surface area contributed by atoms with Crippen molar-refractivity contribution in [2.24, 2.45) is 0 Å². The third-order valence-electron chi connectivity index (χ3n) is 3.77. The van der Waals surface area contributed by atoms with Gasteiger partial charge in [0.25, 0.3) is 0 Å². The highest BCUT2D eigenvalue weighted by molar-refractivity contribution is 5.82. The maximum atomic E-state index is 5.82. The Morgan fingerprint density at radius 2 is 1.83 bits per heavy atom. The third kappa shape index (κ3) is 3.97. The Balaban J connectivity index is 1.60. The lowest BCUT2D eigenvalue weighted by Crippen LogP contribution is -2.03. The molecule has 0 spiro atoms. The van der Waals surface area contributed by atoms with E-state index in [9.17, 15) is 0 Å². The van der Waals surface area contributed by atoms with Crippen molar-refractivity contribution in [1.82, 2.24) is 9.97 Å². The Kier molecular flexibility index (Phi) is 4.71. The molecule has 0 saturated heterocycles. The lowest BCUT2D eigenvalue weighted by atomic mass is 10.1. The highest BCUT2D eigenvalue weighted by atomic mass is 16.5. The number of rotatable bonds is 6. The first-order valence-corrected chi connectivity index (χ1v) is 7.93. The van der Waals surface area contributed by atoms with Gasteiger partial charge in [0, 0.05) is 5.39 Å². The smallest absolute Gasteiger partial charge is 0.220 e. The molecule has 2 N–H and O–H groups in total. The van der Waals surface area contributed by atoms with Crippen LogP contribution in [-0.4, -0.2) is 16.6 Å². The van der Waals surface area contributed by atoms with Crippen molar-refractivity contribution >= 4 is 16.9 Å². The molecule has 3 aromatic rings. The number of anilines is 1. The largest absolute Gasteiger partial charge is 0.494 e. The molecule has 1 heterocycles. The van der Waals surface area contributed by atoms with E-state index in [0.717, 1.165) is 41.6 Å². The minimum atomic E-state index is 0.344. The molecule has 118 valence electrons. The van der Waals surface area contributed by atoms with Gasteiger partial charge in [-0.25, -0.2) is 9.97 Å². The fraction of sp³-hybridized carbons (Fsp3) is 0.263. The SMILES string of the molecule is Cc1ccc2nc(N)nc(CCCCOc3ccccc3)c2c1. The van der Waals surface area contributed by atoms with Crippen molar-refractivity contribution < 1.29 is 4.74 Å². The van der Waals surface area contributed by atoms with Gasteiger partial charge in [-0.2, -0.15) is 0 Å². The predicted molar refractivity (Wildman–Crippen MR) is 93.6 cm³/mol.